The molecule has 0 saturated carbocycles. The number of carbonyl (C=O) groups is 1. The van der Waals surface area contributed by atoms with E-state index in [1.165, 1.54) is 0 Å². The highest BCUT2D eigenvalue weighted by molar-refractivity contribution is 9.10. The fourth-order valence-electron chi connectivity index (χ4n) is 2.19. The van der Waals surface area contributed by atoms with Gasteiger partial charge in [0.15, 0.2) is 0 Å². The number of nitrogens with zero attached hydrogens (tertiary/aromatic N) is 3. The highest BCUT2D eigenvalue weighted by atomic mass is 79.9. The third kappa shape index (κ3) is 4.41. The summed E-state index contributed by atoms with van der Waals surface area (Å²) >= 11 is 3.38. The van der Waals surface area contributed by atoms with Crippen LogP contribution in [0.2, 0.25) is 0 Å². The van der Waals surface area contributed by atoms with Crippen LogP contribution in [0.1, 0.15) is 31.1 Å². The zero-order valence-electron chi connectivity index (χ0n) is 13.0. The maximum atomic E-state index is 12.4. The largest absolute Gasteiger partial charge is 0.456 e. The van der Waals surface area contributed by atoms with Crippen molar-refractivity contribution in [3.8, 4) is 0 Å². The summed E-state index contributed by atoms with van der Waals surface area (Å²) in [7, 11) is 2.10. The van der Waals surface area contributed by atoms with E-state index in [-0.39, 0.29) is 5.97 Å². The van der Waals surface area contributed by atoms with Crippen LogP contribution in [0, 0.1) is 0 Å². The van der Waals surface area contributed by atoms with Crippen molar-refractivity contribution in [1.29, 1.82) is 0 Å². The summed E-state index contributed by atoms with van der Waals surface area (Å²) in [4.78, 5) is 21.3. The van der Waals surface area contributed by atoms with Gasteiger partial charge in [-0.15, -0.1) is 0 Å². The van der Waals surface area contributed by atoms with E-state index in [1.54, 1.807) is 12.3 Å². The van der Waals surface area contributed by atoms with Crippen LogP contribution in [0.3, 0.4) is 0 Å². The van der Waals surface area contributed by atoms with Gasteiger partial charge in [0.1, 0.15) is 17.0 Å². The number of carbonyl (C=O) groups excluding carboxylic acids is 1. The number of pyridine rings is 1. The first-order valence-corrected chi connectivity index (χ1v) is 7.88. The Morgan fingerprint density at radius 1 is 1.29 bits per heavy atom. The summed E-state index contributed by atoms with van der Waals surface area (Å²) in [5.41, 5.74) is 0.00236. The Labute approximate surface area is 134 Å². The Kier molecular flexibility index (Phi) is 4.88. The molecule has 0 spiro atoms. The molecule has 1 saturated heterocycles. The molecule has 2 rings (SSSR count). The molecule has 1 aromatic rings. The molecule has 116 valence electrons. The van der Waals surface area contributed by atoms with Crippen molar-refractivity contribution < 1.29 is 9.53 Å². The van der Waals surface area contributed by atoms with E-state index in [1.807, 2.05) is 20.8 Å². The minimum absolute atomic E-state index is 0.328. The molecule has 0 aromatic carbocycles. The third-order valence-electron chi connectivity index (χ3n) is 3.25. The second-order valence-electron chi connectivity index (χ2n) is 6.32. The molecule has 0 aliphatic carbocycles. The van der Waals surface area contributed by atoms with Gasteiger partial charge in [-0.25, -0.2) is 9.78 Å². The first-order valence-electron chi connectivity index (χ1n) is 7.08. The molecule has 0 radical (unpaired) electrons. The zero-order chi connectivity index (χ0) is 15.6. The molecule has 1 aliphatic rings. The summed E-state index contributed by atoms with van der Waals surface area (Å²) in [6.45, 7) is 9.25. The Bertz CT molecular complexity index is 520. The molecule has 5 nitrogen and oxygen atoms in total. The standard InChI is InChI=1S/C15H22BrN3O2/c1-15(2,3)21-14(20)12-9-11(16)10-17-13(12)19-7-5-18(4)6-8-19/h9-10H,5-8H2,1-4H3. The van der Waals surface area contributed by atoms with Gasteiger partial charge in [0.2, 0.25) is 0 Å². The molecular weight excluding hydrogens is 334 g/mol. The minimum atomic E-state index is -0.515. The van der Waals surface area contributed by atoms with Gasteiger partial charge in [0, 0.05) is 36.8 Å². The summed E-state index contributed by atoms with van der Waals surface area (Å²) < 4.78 is 6.27. The van der Waals surface area contributed by atoms with E-state index in [2.05, 4.69) is 37.8 Å². The van der Waals surface area contributed by atoms with E-state index >= 15 is 0 Å². The van der Waals surface area contributed by atoms with Crippen molar-refractivity contribution in [3.05, 3.63) is 22.3 Å². The van der Waals surface area contributed by atoms with Gasteiger partial charge in [-0.2, -0.15) is 0 Å². The number of piperazine rings is 1. The lowest BCUT2D eigenvalue weighted by Crippen LogP contribution is -2.45. The van der Waals surface area contributed by atoms with Crippen molar-refractivity contribution in [3.63, 3.8) is 0 Å². The number of ether oxygens (including phenoxy) is 1. The van der Waals surface area contributed by atoms with E-state index in [0.717, 1.165) is 30.7 Å². The van der Waals surface area contributed by atoms with Crippen LogP contribution in [0.25, 0.3) is 0 Å². The maximum Gasteiger partial charge on any atom is 0.342 e. The molecule has 0 unspecified atom stereocenters. The molecule has 1 fully saturated rings. The Morgan fingerprint density at radius 2 is 1.90 bits per heavy atom. The molecular formula is C15H22BrN3O2. The number of hydrogen-bond donors (Lipinski definition) is 0. The van der Waals surface area contributed by atoms with Crippen molar-refractivity contribution in [2.75, 3.05) is 38.1 Å². The predicted octanol–water partition coefficient (Wildman–Crippen LogP) is 2.55. The molecule has 0 amide bonds. The molecule has 1 aliphatic heterocycles. The van der Waals surface area contributed by atoms with Gasteiger partial charge in [0.05, 0.1) is 0 Å². The van der Waals surface area contributed by atoms with Gasteiger partial charge >= 0.3 is 5.97 Å². The Balaban J connectivity index is 2.27. The number of hydrogen-bond acceptors (Lipinski definition) is 5. The Morgan fingerprint density at radius 3 is 2.48 bits per heavy atom. The molecule has 21 heavy (non-hydrogen) atoms. The van der Waals surface area contributed by atoms with Crippen LogP contribution < -0.4 is 4.90 Å². The van der Waals surface area contributed by atoms with Gasteiger partial charge < -0.3 is 14.5 Å². The lowest BCUT2D eigenvalue weighted by Gasteiger charge is -2.34. The van der Waals surface area contributed by atoms with Crippen LogP contribution in [0.5, 0.6) is 0 Å². The van der Waals surface area contributed by atoms with E-state index in [4.69, 9.17) is 4.74 Å². The van der Waals surface area contributed by atoms with Crippen molar-refractivity contribution in [2.24, 2.45) is 0 Å². The van der Waals surface area contributed by atoms with Crippen LogP contribution >= 0.6 is 15.9 Å². The molecule has 6 heteroatoms. The topological polar surface area (TPSA) is 45.7 Å². The van der Waals surface area contributed by atoms with Crippen LogP contribution in [0.15, 0.2) is 16.7 Å². The average Bonchev–Trinajstić information content (AvgIpc) is 2.38. The van der Waals surface area contributed by atoms with Gasteiger partial charge in [-0.1, -0.05) is 0 Å². The fraction of sp³-hybridized carbons (Fsp3) is 0.600. The van der Waals surface area contributed by atoms with Gasteiger partial charge in [-0.3, -0.25) is 0 Å². The number of rotatable bonds is 2. The van der Waals surface area contributed by atoms with E-state index < -0.39 is 5.60 Å². The van der Waals surface area contributed by atoms with E-state index in [9.17, 15) is 4.79 Å². The monoisotopic (exact) mass is 355 g/mol. The van der Waals surface area contributed by atoms with Crippen LogP contribution in [-0.2, 0) is 4.74 Å². The first kappa shape index (κ1) is 16.2. The summed E-state index contributed by atoms with van der Waals surface area (Å²) in [6, 6.07) is 1.79. The quantitative estimate of drug-likeness (QED) is 0.762. The number of likely N-dealkylation sites (N-methyl/N-ethyl adjacent to an activating group) is 1. The highest BCUT2D eigenvalue weighted by Gasteiger charge is 2.25. The average molecular weight is 356 g/mol. The minimum Gasteiger partial charge on any atom is -0.456 e. The predicted molar refractivity (Wildman–Crippen MR) is 86.8 cm³/mol. The van der Waals surface area contributed by atoms with Crippen molar-refractivity contribution in [1.82, 2.24) is 9.88 Å². The zero-order valence-corrected chi connectivity index (χ0v) is 14.6. The normalized spacial score (nSPS) is 16.9. The summed E-state index contributed by atoms with van der Waals surface area (Å²) in [5.74, 6) is 0.380. The number of halogens is 1. The molecule has 0 N–H and O–H groups in total. The fourth-order valence-corrected chi connectivity index (χ4v) is 2.52. The second kappa shape index (κ2) is 6.32. The molecule has 2 heterocycles. The van der Waals surface area contributed by atoms with Gasteiger partial charge in [0.25, 0.3) is 0 Å². The SMILES string of the molecule is CN1CCN(c2ncc(Br)cc2C(=O)OC(C)(C)C)CC1. The summed E-state index contributed by atoms with van der Waals surface area (Å²) in [5, 5.41) is 0. The van der Waals surface area contributed by atoms with Crippen LogP contribution in [0.4, 0.5) is 5.82 Å². The second-order valence-corrected chi connectivity index (χ2v) is 7.23. The van der Waals surface area contributed by atoms with Gasteiger partial charge in [-0.05, 0) is 49.8 Å². The lowest BCUT2D eigenvalue weighted by atomic mass is 10.1. The smallest absolute Gasteiger partial charge is 0.342 e. The molecule has 1 aromatic heterocycles. The highest BCUT2D eigenvalue weighted by Crippen LogP contribution is 2.25. The number of esters is 1. The summed E-state index contributed by atoms with van der Waals surface area (Å²) in [6.07, 6.45) is 1.72. The lowest BCUT2D eigenvalue weighted by molar-refractivity contribution is 0.00697. The number of anilines is 1. The molecule has 0 bridgehead atoms. The first-order chi connectivity index (χ1) is 9.76. The van der Waals surface area contributed by atoms with Crippen molar-refractivity contribution in [2.45, 2.75) is 26.4 Å². The number of aromatic nitrogens is 1. The van der Waals surface area contributed by atoms with Crippen LogP contribution in [-0.4, -0.2) is 54.7 Å². The Hall–Kier alpha value is -1.14. The van der Waals surface area contributed by atoms with Crippen molar-refractivity contribution >= 4 is 27.7 Å². The maximum absolute atomic E-state index is 12.4. The third-order valence-corrected chi connectivity index (χ3v) is 3.69. The van der Waals surface area contributed by atoms with E-state index in [0.29, 0.717) is 11.4 Å². The molecule has 0 atom stereocenters.